The van der Waals surface area contributed by atoms with Crippen molar-refractivity contribution in [2.75, 3.05) is 18.0 Å². The Morgan fingerprint density at radius 2 is 1.96 bits per heavy atom. The average Bonchev–Trinajstić information content (AvgIpc) is 3.47. The topological polar surface area (TPSA) is 62.5 Å². The van der Waals surface area contributed by atoms with E-state index in [0.29, 0.717) is 17.6 Å². The Bertz CT molecular complexity index is 940. The van der Waals surface area contributed by atoms with E-state index in [9.17, 15) is 14.7 Å². The highest BCUT2D eigenvalue weighted by Gasteiger charge is 2.30. The van der Waals surface area contributed by atoms with E-state index in [2.05, 4.69) is 4.90 Å². The molecule has 0 spiro atoms. The van der Waals surface area contributed by atoms with Gasteiger partial charge in [0.1, 0.15) is 11.4 Å². The number of aryl methyl sites for hydroxylation is 1. The van der Waals surface area contributed by atoms with Crippen LogP contribution < -0.4 is 10.3 Å². The molecule has 1 N–H and O–H groups in total. The SMILES string of the molecule is CCc1c(N2CCCCC2)c(F)cc2c(=O)c(C(=O)O)cn(C3CC3)c12. The van der Waals surface area contributed by atoms with Crippen molar-refractivity contribution in [1.82, 2.24) is 4.57 Å². The highest BCUT2D eigenvalue weighted by Crippen LogP contribution is 2.40. The molecule has 2 fully saturated rings. The Balaban J connectivity index is 2.05. The van der Waals surface area contributed by atoms with Gasteiger partial charge in [-0.2, -0.15) is 0 Å². The number of fused-ring (bicyclic) bond motifs is 1. The molecule has 1 saturated heterocycles. The molecule has 6 heteroatoms. The number of carboxylic acid groups (broad SMARTS) is 1. The summed E-state index contributed by atoms with van der Waals surface area (Å²) in [6.07, 6.45) is 7.19. The summed E-state index contributed by atoms with van der Waals surface area (Å²) in [6.45, 7) is 3.60. The smallest absolute Gasteiger partial charge is 0.341 e. The molecule has 1 aliphatic heterocycles. The van der Waals surface area contributed by atoms with Gasteiger partial charge in [0.25, 0.3) is 0 Å². The van der Waals surface area contributed by atoms with Crippen molar-refractivity contribution in [1.29, 1.82) is 0 Å². The van der Waals surface area contributed by atoms with Gasteiger partial charge in [-0.15, -0.1) is 0 Å². The van der Waals surface area contributed by atoms with E-state index in [4.69, 9.17) is 0 Å². The molecule has 138 valence electrons. The van der Waals surface area contributed by atoms with Crippen molar-refractivity contribution >= 4 is 22.6 Å². The molecule has 26 heavy (non-hydrogen) atoms. The monoisotopic (exact) mass is 358 g/mol. The first-order valence-corrected chi connectivity index (χ1v) is 9.41. The number of rotatable bonds is 4. The first-order valence-electron chi connectivity index (χ1n) is 9.41. The van der Waals surface area contributed by atoms with Crippen molar-refractivity contribution in [2.45, 2.75) is 51.5 Å². The van der Waals surface area contributed by atoms with Gasteiger partial charge in [0.2, 0.25) is 5.43 Å². The maximum absolute atomic E-state index is 15.1. The third-order valence-electron chi connectivity index (χ3n) is 5.54. The third kappa shape index (κ3) is 2.68. The van der Waals surface area contributed by atoms with Crippen molar-refractivity contribution in [3.8, 4) is 0 Å². The van der Waals surface area contributed by atoms with E-state index in [-0.39, 0.29) is 17.0 Å². The highest BCUT2D eigenvalue weighted by atomic mass is 19.1. The van der Waals surface area contributed by atoms with Crippen LogP contribution in [0.25, 0.3) is 10.9 Å². The predicted octanol–water partition coefficient (Wildman–Crippen LogP) is 3.73. The number of carbonyl (C=O) groups is 1. The number of benzene rings is 1. The van der Waals surface area contributed by atoms with Crippen LogP contribution in [0.5, 0.6) is 0 Å². The number of hydrogen-bond acceptors (Lipinski definition) is 3. The summed E-state index contributed by atoms with van der Waals surface area (Å²) in [6, 6.07) is 1.45. The number of aromatic carboxylic acids is 1. The Labute approximate surface area is 151 Å². The number of aromatic nitrogens is 1. The Kier molecular flexibility index (Phi) is 4.21. The number of piperidine rings is 1. The molecule has 5 nitrogen and oxygen atoms in total. The Hall–Kier alpha value is -2.37. The van der Waals surface area contributed by atoms with Gasteiger partial charge in [-0.05, 0) is 44.6 Å². The maximum Gasteiger partial charge on any atom is 0.341 e. The number of carboxylic acids is 1. The van der Waals surface area contributed by atoms with Crippen LogP contribution in [0.15, 0.2) is 17.1 Å². The minimum Gasteiger partial charge on any atom is -0.477 e. The van der Waals surface area contributed by atoms with E-state index >= 15 is 4.39 Å². The van der Waals surface area contributed by atoms with E-state index in [1.165, 1.54) is 12.3 Å². The molecule has 2 heterocycles. The normalized spacial score (nSPS) is 17.7. The van der Waals surface area contributed by atoms with Gasteiger partial charge in [-0.1, -0.05) is 6.92 Å². The van der Waals surface area contributed by atoms with Crippen LogP contribution in [-0.2, 0) is 6.42 Å². The van der Waals surface area contributed by atoms with Crippen LogP contribution >= 0.6 is 0 Å². The molecule has 2 aliphatic rings. The second-order valence-corrected chi connectivity index (χ2v) is 7.30. The predicted molar refractivity (Wildman–Crippen MR) is 98.8 cm³/mol. The third-order valence-corrected chi connectivity index (χ3v) is 5.54. The van der Waals surface area contributed by atoms with Gasteiger partial charge in [0.05, 0.1) is 11.2 Å². The zero-order valence-electron chi connectivity index (χ0n) is 14.9. The number of hydrogen-bond donors (Lipinski definition) is 1. The molecular formula is C20H23FN2O3. The van der Waals surface area contributed by atoms with Gasteiger partial charge in [-0.3, -0.25) is 4.79 Å². The fourth-order valence-electron chi connectivity index (χ4n) is 4.14. The maximum atomic E-state index is 15.1. The lowest BCUT2D eigenvalue weighted by atomic mass is 9.99. The summed E-state index contributed by atoms with van der Waals surface area (Å²) in [7, 11) is 0. The second-order valence-electron chi connectivity index (χ2n) is 7.30. The van der Waals surface area contributed by atoms with E-state index in [1.54, 1.807) is 0 Å². The second kappa shape index (κ2) is 6.41. The number of nitrogens with zero attached hydrogens (tertiary/aromatic N) is 2. The van der Waals surface area contributed by atoms with Crippen LogP contribution in [0.3, 0.4) is 0 Å². The zero-order chi connectivity index (χ0) is 18.4. The molecule has 0 radical (unpaired) electrons. The minimum atomic E-state index is -1.26. The van der Waals surface area contributed by atoms with Crippen molar-refractivity contribution in [2.24, 2.45) is 0 Å². The summed E-state index contributed by atoms with van der Waals surface area (Å²) < 4.78 is 17.0. The summed E-state index contributed by atoms with van der Waals surface area (Å²) in [5.41, 5.74) is 1.26. The summed E-state index contributed by atoms with van der Waals surface area (Å²) >= 11 is 0. The molecule has 1 aromatic heterocycles. The molecule has 4 rings (SSSR count). The lowest BCUT2D eigenvalue weighted by Gasteiger charge is -2.32. The van der Waals surface area contributed by atoms with Gasteiger partial charge >= 0.3 is 5.97 Å². The zero-order valence-corrected chi connectivity index (χ0v) is 14.9. The molecule has 0 unspecified atom stereocenters. The van der Waals surface area contributed by atoms with Crippen LogP contribution in [0, 0.1) is 5.82 Å². The van der Waals surface area contributed by atoms with Gasteiger partial charge in [0, 0.05) is 36.3 Å². The van der Waals surface area contributed by atoms with Crippen LogP contribution in [0.4, 0.5) is 10.1 Å². The summed E-state index contributed by atoms with van der Waals surface area (Å²) in [5.74, 6) is -1.68. The number of halogens is 1. The number of pyridine rings is 1. The molecule has 2 aromatic rings. The van der Waals surface area contributed by atoms with Crippen molar-refractivity contribution in [3.63, 3.8) is 0 Å². The standard InChI is InChI=1S/C20H23FN2O3/c1-2-13-17-14(10-16(21)18(13)22-8-4-3-5-9-22)19(24)15(20(25)26)11-23(17)12-6-7-12/h10-12H,2-9H2,1H3,(H,25,26). The molecule has 1 aromatic carbocycles. The lowest BCUT2D eigenvalue weighted by Crippen LogP contribution is -2.31. The Morgan fingerprint density at radius 1 is 1.27 bits per heavy atom. The van der Waals surface area contributed by atoms with E-state index in [1.807, 2.05) is 11.5 Å². The summed E-state index contributed by atoms with van der Waals surface area (Å²) in [5, 5.41) is 9.58. The molecule has 0 atom stereocenters. The first kappa shape index (κ1) is 17.1. The van der Waals surface area contributed by atoms with Crippen LogP contribution in [-0.4, -0.2) is 28.7 Å². The molecule has 0 amide bonds. The van der Waals surface area contributed by atoms with Crippen LogP contribution in [0.1, 0.15) is 61.0 Å². The molecular weight excluding hydrogens is 335 g/mol. The molecule has 1 aliphatic carbocycles. The first-order chi connectivity index (χ1) is 12.5. The van der Waals surface area contributed by atoms with Crippen molar-refractivity contribution < 1.29 is 14.3 Å². The average molecular weight is 358 g/mol. The fourth-order valence-corrected chi connectivity index (χ4v) is 4.14. The van der Waals surface area contributed by atoms with Gasteiger partial charge in [-0.25, -0.2) is 9.18 Å². The van der Waals surface area contributed by atoms with E-state index < -0.39 is 17.2 Å². The highest BCUT2D eigenvalue weighted by molar-refractivity contribution is 5.95. The molecule has 1 saturated carbocycles. The summed E-state index contributed by atoms with van der Waals surface area (Å²) in [4.78, 5) is 26.3. The molecule has 0 bridgehead atoms. The van der Waals surface area contributed by atoms with Gasteiger partial charge in [0.15, 0.2) is 0 Å². The largest absolute Gasteiger partial charge is 0.477 e. The van der Waals surface area contributed by atoms with Gasteiger partial charge < -0.3 is 14.6 Å². The lowest BCUT2D eigenvalue weighted by molar-refractivity contribution is 0.0695. The van der Waals surface area contributed by atoms with Crippen molar-refractivity contribution in [3.05, 3.63) is 39.4 Å². The fraction of sp³-hybridized carbons (Fsp3) is 0.500. The number of anilines is 1. The Morgan fingerprint density at radius 3 is 2.54 bits per heavy atom. The van der Waals surface area contributed by atoms with Crippen LogP contribution in [0.2, 0.25) is 0 Å². The van der Waals surface area contributed by atoms with E-state index in [0.717, 1.165) is 50.8 Å². The quantitative estimate of drug-likeness (QED) is 0.905. The minimum absolute atomic E-state index is 0.187.